The highest BCUT2D eigenvalue weighted by molar-refractivity contribution is 6.32. The van der Waals surface area contributed by atoms with Crippen molar-refractivity contribution in [3.63, 3.8) is 0 Å². The molecule has 2 aromatic rings. The van der Waals surface area contributed by atoms with Crippen molar-refractivity contribution in [2.75, 3.05) is 13.2 Å². The van der Waals surface area contributed by atoms with E-state index in [0.29, 0.717) is 35.3 Å². The number of carbonyl (C=O) groups is 1. The fourth-order valence-corrected chi connectivity index (χ4v) is 2.88. The smallest absolute Gasteiger partial charge is 0.363 e. The number of carbonyl (C=O) groups excluding carboxylic acids is 1. The molecule has 3 rings (SSSR count). The van der Waals surface area contributed by atoms with Crippen molar-refractivity contribution in [2.45, 2.75) is 13.8 Å². The summed E-state index contributed by atoms with van der Waals surface area (Å²) >= 11 is 6.35. The molecular formula is C22H20ClNO4. The third kappa shape index (κ3) is 4.43. The zero-order valence-corrected chi connectivity index (χ0v) is 16.5. The maximum Gasteiger partial charge on any atom is 0.363 e. The number of benzene rings is 2. The number of cyclic esters (lactones) is 1. The van der Waals surface area contributed by atoms with E-state index in [9.17, 15) is 4.79 Å². The van der Waals surface area contributed by atoms with Gasteiger partial charge in [-0.2, -0.15) is 0 Å². The first-order valence-corrected chi connectivity index (χ1v) is 9.19. The van der Waals surface area contributed by atoms with Crippen LogP contribution in [0.15, 0.2) is 59.7 Å². The van der Waals surface area contributed by atoms with Crippen LogP contribution in [0.4, 0.5) is 0 Å². The van der Waals surface area contributed by atoms with Crippen molar-refractivity contribution in [3.05, 3.63) is 76.5 Å². The van der Waals surface area contributed by atoms with E-state index in [1.807, 2.05) is 38.1 Å². The molecule has 1 heterocycles. The van der Waals surface area contributed by atoms with E-state index in [4.69, 9.17) is 25.8 Å². The van der Waals surface area contributed by atoms with E-state index < -0.39 is 5.97 Å². The lowest BCUT2D eigenvalue weighted by Crippen LogP contribution is -2.05. The average Bonchev–Trinajstić information content (AvgIpc) is 3.02. The topological polar surface area (TPSA) is 57.1 Å². The summed E-state index contributed by atoms with van der Waals surface area (Å²) in [4.78, 5) is 16.5. The van der Waals surface area contributed by atoms with Crippen molar-refractivity contribution >= 4 is 29.5 Å². The number of hydrogen-bond acceptors (Lipinski definition) is 5. The number of aliphatic imine (C=N–C) groups is 1. The summed E-state index contributed by atoms with van der Waals surface area (Å²) in [7, 11) is 0. The van der Waals surface area contributed by atoms with E-state index in [-0.39, 0.29) is 11.6 Å². The number of esters is 1. The van der Waals surface area contributed by atoms with Gasteiger partial charge in [-0.25, -0.2) is 9.79 Å². The Bertz CT molecular complexity index is 961. The zero-order valence-electron chi connectivity index (χ0n) is 15.7. The molecule has 0 aromatic heterocycles. The number of aryl methyl sites for hydroxylation is 1. The van der Waals surface area contributed by atoms with Crippen molar-refractivity contribution in [1.29, 1.82) is 0 Å². The molecule has 0 spiro atoms. The van der Waals surface area contributed by atoms with Crippen LogP contribution >= 0.6 is 11.6 Å². The zero-order chi connectivity index (χ0) is 20.1. The Labute approximate surface area is 168 Å². The molecule has 6 heteroatoms. The molecule has 0 unspecified atom stereocenters. The molecule has 0 saturated heterocycles. The van der Waals surface area contributed by atoms with Crippen LogP contribution in [0.3, 0.4) is 0 Å². The van der Waals surface area contributed by atoms with E-state index in [1.54, 1.807) is 24.3 Å². The van der Waals surface area contributed by atoms with Gasteiger partial charge in [-0.05, 0) is 49.8 Å². The van der Waals surface area contributed by atoms with Crippen molar-refractivity contribution in [2.24, 2.45) is 4.99 Å². The van der Waals surface area contributed by atoms with Crippen LogP contribution in [-0.4, -0.2) is 25.1 Å². The van der Waals surface area contributed by atoms with E-state index in [2.05, 4.69) is 11.6 Å². The lowest BCUT2D eigenvalue weighted by Gasteiger charge is -2.13. The Kier molecular flexibility index (Phi) is 6.16. The Morgan fingerprint density at radius 1 is 1.21 bits per heavy atom. The highest BCUT2D eigenvalue weighted by Gasteiger charge is 2.24. The molecule has 0 radical (unpaired) electrons. The predicted octanol–water partition coefficient (Wildman–Crippen LogP) is 4.96. The van der Waals surface area contributed by atoms with Crippen LogP contribution in [0.1, 0.15) is 23.6 Å². The van der Waals surface area contributed by atoms with Gasteiger partial charge in [0, 0.05) is 5.56 Å². The average molecular weight is 398 g/mol. The van der Waals surface area contributed by atoms with Gasteiger partial charge >= 0.3 is 5.97 Å². The third-order valence-corrected chi connectivity index (χ3v) is 4.18. The highest BCUT2D eigenvalue weighted by atomic mass is 35.5. The van der Waals surface area contributed by atoms with Crippen molar-refractivity contribution < 1.29 is 19.0 Å². The lowest BCUT2D eigenvalue weighted by molar-refractivity contribution is -0.129. The molecule has 0 aliphatic carbocycles. The van der Waals surface area contributed by atoms with Gasteiger partial charge in [-0.3, -0.25) is 0 Å². The number of ether oxygens (including phenoxy) is 3. The van der Waals surface area contributed by atoms with Crippen LogP contribution in [0.25, 0.3) is 6.08 Å². The molecule has 0 fully saturated rings. The Morgan fingerprint density at radius 2 is 1.96 bits per heavy atom. The largest absolute Gasteiger partial charge is 0.490 e. The third-order valence-electron chi connectivity index (χ3n) is 3.90. The first-order valence-electron chi connectivity index (χ1n) is 8.81. The molecule has 0 bridgehead atoms. The maximum absolute atomic E-state index is 12.2. The molecule has 2 aromatic carbocycles. The molecule has 1 aliphatic heterocycles. The van der Waals surface area contributed by atoms with E-state index in [0.717, 1.165) is 11.1 Å². The second kappa shape index (κ2) is 8.76. The molecule has 0 atom stereocenters. The van der Waals surface area contributed by atoms with Gasteiger partial charge in [-0.15, -0.1) is 0 Å². The Balaban J connectivity index is 1.94. The van der Waals surface area contributed by atoms with Gasteiger partial charge in [0.15, 0.2) is 17.2 Å². The van der Waals surface area contributed by atoms with Crippen LogP contribution in [0, 0.1) is 6.92 Å². The second-order valence-electron chi connectivity index (χ2n) is 6.06. The van der Waals surface area contributed by atoms with Crippen LogP contribution in [0.2, 0.25) is 5.02 Å². The number of rotatable bonds is 7. The highest BCUT2D eigenvalue weighted by Crippen LogP contribution is 2.37. The molecule has 0 amide bonds. The molecule has 1 aliphatic rings. The predicted molar refractivity (Wildman–Crippen MR) is 110 cm³/mol. The van der Waals surface area contributed by atoms with E-state index in [1.165, 1.54) is 0 Å². The van der Waals surface area contributed by atoms with Gasteiger partial charge in [0.05, 0.1) is 11.6 Å². The van der Waals surface area contributed by atoms with Gasteiger partial charge < -0.3 is 14.2 Å². The monoisotopic (exact) mass is 397 g/mol. The lowest BCUT2D eigenvalue weighted by atomic mass is 10.1. The summed E-state index contributed by atoms with van der Waals surface area (Å²) in [6, 6.07) is 11.0. The molecule has 0 saturated carbocycles. The van der Waals surface area contributed by atoms with E-state index >= 15 is 0 Å². The Hall–Kier alpha value is -3.05. The first kappa shape index (κ1) is 19.7. The summed E-state index contributed by atoms with van der Waals surface area (Å²) in [5.74, 6) is 0.677. The van der Waals surface area contributed by atoms with Crippen molar-refractivity contribution in [1.82, 2.24) is 0 Å². The normalized spacial score (nSPS) is 14.6. The molecule has 5 nitrogen and oxygen atoms in total. The summed E-state index contributed by atoms with van der Waals surface area (Å²) < 4.78 is 16.5. The molecular weight excluding hydrogens is 378 g/mol. The minimum atomic E-state index is -0.517. The number of halogens is 1. The van der Waals surface area contributed by atoms with Gasteiger partial charge in [0.1, 0.15) is 6.61 Å². The molecule has 28 heavy (non-hydrogen) atoms. The van der Waals surface area contributed by atoms with Crippen LogP contribution in [0.5, 0.6) is 11.5 Å². The number of nitrogens with zero attached hydrogens (tertiary/aromatic N) is 1. The maximum atomic E-state index is 12.2. The molecule has 0 N–H and O–H groups in total. The van der Waals surface area contributed by atoms with Gasteiger partial charge in [0.25, 0.3) is 0 Å². The Morgan fingerprint density at radius 3 is 2.64 bits per heavy atom. The first-order chi connectivity index (χ1) is 13.5. The van der Waals surface area contributed by atoms with Crippen LogP contribution in [-0.2, 0) is 9.53 Å². The van der Waals surface area contributed by atoms with Crippen molar-refractivity contribution in [3.8, 4) is 11.5 Å². The number of hydrogen-bond donors (Lipinski definition) is 0. The summed E-state index contributed by atoms with van der Waals surface area (Å²) in [6.45, 7) is 8.22. The summed E-state index contributed by atoms with van der Waals surface area (Å²) in [5, 5.41) is 0.369. The van der Waals surface area contributed by atoms with Gasteiger partial charge in [0.2, 0.25) is 5.90 Å². The quantitative estimate of drug-likeness (QED) is 0.376. The second-order valence-corrected chi connectivity index (χ2v) is 6.47. The minimum absolute atomic E-state index is 0.189. The standard InChI is InChI=1S/C22H20ClNO4/c1-4-10-27-20-17(23)11-15(13-19(20)26-5-2)12-18-22(25)28-21(24-18)16-8-6-14(3)7-9-16/h4,6-9,11-13H,1,5,10H2,2-3H3/b18-12-. The van der Waals surface area contributed by atoms with Gasteiger partial charge in [-0.1, -0.05) is 42.0 Å². The SMILES string of the molecule is C=CCOc1c(Cl)cc(/C=C2\N=C(c3ccc(C)cc3)OC2=O)cc1OCC. The minimum Gasteiger partial charge on any atom is -0.490 e. The fourth-order valence-electron chi connectivity index (χ4n) is 2.60. The van der Waals surface area contributed by atoms with Crippen LogP contribution < -0.4 is 9.47 Å². The fraction of sp³-hybridized carbons (Fsp3) is 0.182. The molecule has 144 valence electrons. The summed E-state index contributed by atoms with van der Waals surface area (Å²) in [6.07, 6.45) is 3.23. The summed E-state index contributed by atoms with van der Waals surface area (Å²) in [5.41, 5.74) is 2.69.